The minimum atomic E-state index is -3.69. The second kappa shape index (κ2) is 6.09. The number of benzene rings is 1. The number of nitrogens with one attached hydrogen (secondary N) is 1. The Hall–Kier alpha value is -0.820. The molecule has 0 heterocycles. The van der Waals surface area contributed by atoms with Crippen LogP contribution in [0.3, 0.4) is 0 Å². The summed E-state index contributed by atoms with van der Waals surface area (Å²) in [6.45, 7) is 3.30. The predicted molar refractivity (Wildman–Crippen MR) is 74.1 cm³/mol. The quantitative estimate of drug-likeness (QED) is 0.840. The van der Waals surface area contributed by atoms with E-state index in [-0.39, 0.29) is 16.5 Å². The lowest BCUT2D eigenvalue weighted by Gasteiger charge is -2.25. The normalized spacial score (nSPS) is 12.5. The third-order valence-electron chi connectivity index (χ3n) is 2.58. The maximum Gasteiger partial charge on any atom is 0.241 e. The molecule has 0 radical (unpaired) electrons. The van der Waals surface area contributed by atoms with E-state index in [1.54, 1.807) is 13.8 Å². The van der Waals surface area contributed by atoms with Gasteiger partial charge in [0.1, 0.15) is 5.75 Å². The molecule has 19 heavy (non-hydrogen) atoms. The molecule has 0 aliphatic rings. The predicted octanol–water partition coefficient (Wildman–Crippen LogP) is 1.79. The van der Waals surface area contributed by atoms with Crippen molar-refractivity contribution in [3.63, 3.8) is 0 Å². The Kier molecular flexibility index (Phi) is 5.20. The Labute approximate surface area is 118 Å². The molecule has 2 N–H and O–H groups in total. The summed E-state index contributed by atoms with van der Waals surface area (Å²) < 4.78 is 31.9. The monoisotopic (exact) mass is 307 g/mol. The molecule has 108 valence electrons. The van der Waals surface area contributed by atoms with Crippen molar-refractivity contribution in [2.75, 3.05) is 13.7 Å². The molecule has 0 saturated carbocycles. The van der Waals surface area contributed by atoms with E-state index in [1.165, 1.54) is 25.3 Å². The minimum Gasteiger partial charge on any atom is -0.495 e. The van der Waals surface area contributed by atoms with Crippen molar-refractivity contribution in [1.82, 2.24) is 4.72 Å². The Morgan fingerprint density at radius 2 is 2.05 bits per heavy atom. The van der Waals surface area contributed by atoms with Crippen LogP contribution in [0.15, 0.2) is 23.1 Å². The largest absolute Gasteiger partial charge is 0.495 e. The smallest absolute Gasteiger partial charge is 0.241 e. The number of aliphatic hydroxyl groups is 1. The molecule has 0 unspecified atom stereocenters. The third kappa shape index (κ3) is 4.35. The van der Waals surface area contributed by atoms with Gasteiger partial charge in [0, 0.05) is 12.1 Å². The first-order chi connectivity index (χ1) is 8.72. The highest BCUT2D eigenvalue weighted by Crippen LogP contribution is 2.27. The number of sulfonamides is 1. The van der Waals surface area contributed by atoms with Crippen molar-refractivity contribution in [3.8, 4) is 5.75 Å². The van der Waals surface area contributed by atoms with Crippen molar-refractivity contribution in [2.24, 2.45) is 0 Å². The van der Waals surface area contributed by atoms with Gasteiger partial charge in [-0.3, -0.25) is 0 Å². The SMILES string of the molecule is COc1ccc(S(=O)(=O)NC(C)(C)CCO)cc1Cl. The van der Waals surface area contributed by atoms with Gasteiger partial charge in [0.25, 0.3) is 0 Å². The van der Waals surface area contributed by atoms with Crippen LogP contribution in [0.25, 0.3) is 0 Å². The van der Waals surface area contributed by atoms with Gasteiger partial charge < -0.3 is 9.84 Å². The van der Waals surface area contributed by atoms with E-state index in [4.69, 9.17) is 21.4 Å². The summed E-state index contributed by atoms with van der Waals surface area (Å²) >= 11 is 5.91. The fourth-order valence-corrected chi connectivity index (χ4v) is 3.36. The van der Waals surface area contributed by atoms with Gasteiger partial charge in [-0.2, -0.15) is 0 Å². The second-order valence-corrected chi connectivity index (χ2v) is 6.85. The third-order valence-corrected chi connectivity index (χ3v) is 4.57. The Bertz CT molecular complexity index is 543. The standard InChI is InChI=1S/C12H18ClNO4S/c1-12(2,6-7-15)14-19(16,17)9-4-5-11(18-3)10(13)8-9/h4-5,8,14-15H,6-7H2,1-3H3. The molecule has 0 bridgehead atoms. The highest BCUT2D eigenvalue weighted by Gasteiger charge is 2.26. The molecule has 5 nitrogen and oxygen atoms in total. The van der Waals surface area contributed by atoms with Crippen molar-refractivity contribution in [2.45, 2.75) is 30.7 Å². The first-order valence-corrected chi connectivity index (χ1v) is 7.56. The molecular weight excluding hydrogens is 290 g/mol. The van der Waals surface area contributed by atoms with E-state index < -0.39 is 15.6 Å². The zero-order chi connectivity index (χ0) is 14.7. The fourth-order valence-electron chi connectivity index (χ4n) is 1.57. The lowest BCUT2D eigenvalue weighted by molar-refractivity contribution is 0.246. The van der Waals surface area contributed by atoms with E-state index in [9.17, 15) is 8.42 Å². The summed E-state index contributed by atoms with van der Waals surface area (Å²) in [6.07, 6.45) is 0.316. The summed E-state index contributed by atoms with van der Waals surface area (Å²) in [6, 6.07) is 4.25. The van der Waals surface area contributed by atoms with Crippen LogP contribution in [0, 0.1) is 0 Å². The second-order valence-electron chi connectivity index (χ2n) is 4.76. The van der Waals surface area contributed by atoms with Crippen LogP contribution in [0.5, 0.6) is 5.75 Å². The maximum absolute atomic E-state index is 12.2. The van der Waals surface area contributed by atoms with E-state index >= 15 is 0 Å². The lowest BCUT2D eigenvalue weighted by atomic mass is 10.0. The summed E-state index contributed by atoms with van der Waals surface area (Å²) in [4.78, 5) is 0.0596. The molecule has 1 aromatic rings. The Balaban J connectivity index is 3.04. The van der Waals surface area contributed by atoms with Gasteiger partial charge in [-0.05, 0) is 38.5 Å². The fraction of sp³-hybridized carbons (Fsp3) is 0.500. The number of hydrogen-bond acceptors (Lipinski definition) is 4. The van der Waals surface area contributed by atoms with Crippen LogP contribution in [0.2, 0.25) is 5.02 Å². The molecule has 0 aromatic heterocycles. The van der Waals surface area contributed by atoms with Gasteiger partial charge in [0.05, 0.1) is 17.0 Å². The maximum atomic E-state index is 12.2. The summed E-state index contributed by atoms with van der Waals surface area (Å²) in [5.41, 5.74) is -0.736. The molecule has 0 atom stereocenters. The van der Waals surface area contributed by atoms with Crippen molar-refractivity contribution < 1.29 is 18.3 Å². The van der Waals surface area contributed by atoms with Gasteiger partial charge in [0.15, 0.2) is 0 Å². The molecule has 0 saturated heterocycles. The van der Waals surface area contributed by atoms with Crippen LogP contribution in [-0.4, -0.2) is 32.8 Å². The van der Waals surface area contributed by atoms with Crippen LogP contribution in [-0.2, 0) is 10.0 Å². The topological polar surface area (TPSA) is 75.6 Å². The molecule has 0 fully saturated rings. The first-order valence-electron chi connectivity index (χ1n) is 5.70. The number of aliphatic hydroxyl groups excluding tert-OH is 1. The summed E-state index contributed by atoms with van der Waals surface area (Å²) in [5, 5.41) is 9.14. The minimum absolute atomic E-state index is 0.0596. The molecule has 1 aromatic carbocycles. The van der Waals surface area contributed by atoms with E-state index in [0.29, 0.717) is 12.2 Å². The molecule has 0 amide bonds. The van der Waals surface area contributed by atoms with Crippen molar-refractivity contribution >= 4 is 21.6 Å². The van der Waals surface area contributed by atoms with Gasteiger partial charge in [-0.1, -0.05) is 11.6 Å². The Morgan fingerprint density at radius 3 is 2.53 bits per heavy atom. The Morgan fingerprint density at radius 1 is 1.42 bits per heavy atom. The number of hydrogen-bond donors (Lipinski definition) is 2. The van der Waals surface area contributed by atoms with Crippen LogP contribution in [0.1, 0.15) is 20.3 Å². The van der Waals surface area contributed by atoms with Gasteiger partial charge in [-0.15, -0.1) is 0 Å². The van der Waals surface area contributed by atoms with E-state index in [1.807, 2.05) is 0 Å². The van der Waals surface area contributed by atoms with E-state index in [0.717, 1.165) is 0 Å². The van der Waals surface area contributed by atoms with Crippen LogP contribution in [0.4, 0.5) is 0 Å². The molecule has 7 heteroatoms. The number of halogens is 1. The summed E-state index contributed by atoms with van der Waals surface area (Å²) in [7, 11) is -2.23. The van der Waals surface area contributed by atoms with Gasteiger partial charge >= 0.3 is 0 Å². The number of rotatable bonds is 6. The lowest BCUT2D eigenvalue weighted by Crippen LogP contribution is -2.43. The van der Waals surface area contributed by atoms with E-state index in [2.05, 4.69) is 4.72 Å². The van der Waals surface area contributed by atoms with Gasteiger partial charge in [0.2, 0.25) is 10.0 Å². The zero-order valence-electron chi connectivity index (χ0n) is 11.1. The van der Waals surface area contributed by atoms with Crippen molar-refractivity contribution in [1.29, 1.82) is 0 Å². The first kappa shape index (κ1) is 16.2. The van der Waals surface area contributed by atoms with Gasteiger partial charge in [-0.25, -0.2) is 13.1 Å². The average Bonchev–Trinajstić information content (AvgIpc) is 2.27. The molecule has 0 aliphatic carbocycles. The van der Waals surface area contributed by atoms with Crippen LogP contribution < -0.4 is 9.46 Å². The molecule has 0 spiro atoms. The number of methoxy groups -OCH3 is 1. The average molecular weight is 308 g/mol. The highest BCUT2D eigenvalue weighted by molar-refractivity contribution is 7.89. The summed E-state index contributed by atoms with van der Waals surface area (Å²) in [5.74, 6) is 0.412. The number of ether oxygens (including phenoxy) is 1. The molecule has 1 rings (SSSR count). The zero-order valence-corrected chi connectivity index (χ0v) is 12.7. The van der Waals surface area contributed by atoms with Crippen molar-refractivity contribution in [3.05, 3.63) is 23.2 Å². The molecular formula is C12H18ClNO4S. The van der Waals surface area contributed by atoms with Crippen LogP contribution >= 0.6 is 11.6 Å². The highest BCUT2D eigenvalue weighted by atomic mass is 35.5. The molecule has 0 aliphatic heterocycles.